The summed E-state index contributed by atoms with van der Waals surface area (Å²) in [5.74, 6) is 0.728. The van der Waals surface area contributed by atoms with Crippen molar-refractivity contribution in [1.82, 2.24) is 4.98 Å². The molecule has 3 aromatic rings. The van der Waals surface area contributed by atoms with Gasteiger partial charge in [0, 0.05) is 16.6 Å². The zero-order chi connectivity index (χ0) is 15.2. The maximum absolute atomic E-state index is 5.96. The first kappa shape index (κ1) is 14.5. The average molecular weight is 310 g/mol. The summed E-state index contributed by atoms with van der Waals surface area (Å²) in [6.45, 7) is 0. The van der Waals surface area contributed by atoms with Gasteiger partial charge in [0.05, 0.1) is 5.52 Å². The number of aromatic nitrogens is 1. The highest BCUT2D eigenvalue weighted by molar-refractivity contribution is 6.31. The first-order valence-electron chi connectivity index (χ1n) is 7.19. The highest BCUT2D eigenvalue weighted by atomic mass is 35.5. The summed E-state index contributed by atoms with van der Waals surface area (Å²) in [6.07, 6.45) is 3.75. The normalized spacial score (nSPS) is 11.1. The molecule has 4 heteroatoms. The van der Waals surface area contributed by atoms with Crippen LogP contribution in [-0.4, -0.2) is 11.2 Å². The van der Waals surface area contributed by atoms with Crippen LogP contribution < -0.4 is 5.43 Å². The Morgan fingerprint density at radius 1 is 1.05 bits per heavy atom. The number of halogens is 1. The summed E-state index contributed by atoms with van der Waals surface area (Å²) in [5.41, 5.74) is 5.17. The predicted octanol–water partition coefficient (Wildman–Crippen LogP) is 4.92. The number of hydrazone groups is 1. The molecule has 0 bridgehead atoms. The van der Waals surface area contributed by atoms with Crippen LogP contribution in [0.2, 0.25) is 5.02 Å². The largest absolute Gasteiger partial charge is 0.262 e. The monoisotopic (exact) mass is 309 g/mol. The molecule has 0 saturated carbocycles. The van der Waals surface area contributed by atoms with E-state index in [2.05, 4.69) is 39.8 Å². The first-order chi connectivity index (χ1) is 10.8. The van der Waals surface area contributed by atoms with E-state index in [1.54, 1.807) is 0 Å². The molecule has 22 heavy (non-hydrogen) atoms. The van der Waals surface area contributed by atoms with Crippen LogP contribution in [-0.2, 0) is 6.42 Å². The van der Waals surface area contributed by atoms with Gasteiger partial charge in [0.1, 0.15) is 5.82 Å². The van der Waals surface area contributed by atoms with E-state index >= 15 is 0 Å². The van der Waals surface area contributed by atoms with E-state index in [9.17, 15) is 0 Å². The highest BCUT2D eigenvalue weighted by Crippen LogP contribution is 2.19. The van der Waals surface area contributed by atoms with Gasteiger partial charge in [-0.05, 0) is 48.7 Å². The lowest BCUT2D eigenvalue weighted by molar-refractivity contribution is 1.05. The van der Waals surface area contributed by atoms with Gasteiger partial charge in [0.25, 0.3) is 0 Å². The molecule has 0 aliphatic rings. The number of nitrogens with one attached hydrogen (secondary N) is 1. The van der Waals surface area contributed by atoms with Gasteiger partial charge in [-0.3, -0.25) is 5.43 Å². The molecule has 0 aliphatic heterocycles. The summed E-state index contributed by atoms with van der Waals surface area (Å²) in [4.78, 5) is 4.49. The summed E-state index contributed by atoms with van der Waals surface area (Å²) >= 11 is 5.96. The van der Waals surface area contributed by atoms with Crippen LogP contribution in [0.15, 0.2) is 65.8 Å². The van der Waals surface area contributed by atoms with E-state index in [0.717, 1.165) is 29.6 Å². The summed E-state index contributed by atoms with van der Waals surface area (Å²) < 4.78 is 0. The van der Waals surface area contributed by atoms with Gasteiger partial charge in [-0.2, -0.15) is 5.10 Å². The predicted molar refractivity (Wildman–Crippen MR) is 93.6 cm³/mol. The van der Waals surface area contributed by atoms with Crippen molar-refractivity contribution in [3.8, 4) is 0 Å². The molecule has 0 spiro atoms. The Labute approximate surface area is 134 Å². The molecule has 0 saturated heterocycles. The second-order valence-corrected chi connectivity index (χ2v) is 5.42. The molecule has 0 unspecified atom stereocenters. The number of aryl methyl sites for hydroxylation is 1. The van der Waals surface area contributed by atoms with Crippen molar-refractivity contribution in [3.05, 3.63) is 71.2 Å². The Kier molecular flexibility index (Phi) is 4.66. The van der Waals surface area contributed by atoms with Gasteiger partial charge in [-0.25, -0.2) is 4.98 Å². The minimum Gasteiger partial charge on any atom is -0.262 e. The van der Waals surface area contributed by atoms with Gasteiger partial charge in [0.15, 0.2) is 0 Å². The lowest BCUT2D eigenvalue weighted by atomic mass is 10.1. The van der Waals surface area contributed by atoms with Crippen molar-refractivity contribution in [3.63, 3.8) is 0 Å². The fourth-order valence-electron chi connectivity index (χ4n) is 2.21. The fraction of sp³-hybridized carbons (Fsp3) is 0.111. The van der Waals surface area contributed by atoms with Gasteiger partial charge in [-0.15, -0.1) is 0 Å². The van der Waals surface area contributed by atoms with Gasteiger partial charge in [0.2, 0.25) is 0 Å². The second-order valence-electron chi connectivity index (χ2n) is 4.98. The molecule has 0 aliphatic carbocycles. The Morgan fingerprint density at radius 2 is 1.91 bits per heavy atom. The van der Waals surface area contributed by atoms with Gasteiger partial charge >= 0.3 is 0 Å². The number of anilines is 1. The Hall–Kier alpha value is -2.39. The number of benzene rings is 2. The third kappa shape index (κ3) is 3.83. The molecule has 0 amide bonds. The zero-order valence-corrected chi connectivity index (χ0v) is 12.8. The Balaban J connectivity index is 1.57. The van der Waals surface area contributed by atoms with Gasteiger partial charge in [-0.1, -0.05) is 41.9 Å². The van der Waals surface area contributed by atoms with E-state index in [0.29, 0.717) is 5.02 Å². The lowest BCUT2D eigenvalue weighted by Gasteiger charge is -2.02. The molecule has 1 aromatic heterocycles. The Morgan fingerprint density at radius 3 is 2.77 bits per heavy atom. The molecule has 1 N–H and O–H groups in total. The molecule has 0 atom stereocenters. The quantitative estimate of drug-likeness (QED) is 0.536. The number of pyridine rings is 1. The second kappa shape index (κ2) is 7.05. The molecule has 0 radical (unpaired) electrons. The van der Waals surface area contributed by atoms with Crippen LogP contribution in [0.1, 0.15) is 12.0 Å². The van der Waals surface area contributed by atoms with Gasteiger partial charge < -0.3 is 0 Å². The minimum atomic E-state index is 0.717. The molecule has 110 valence electrons. The topological polar surface area (TPSA) is 37.3 Å². The van der Waals surface area contributed by atoms with Crippen molar-refractivity contribution in [2.45, 2.75) is 12.8 Å². The molecular formula is C18H16ClN3. The number of hydrogen-bond acceptors (Lipinski definition) is 3. The third-order valence-electron chi connectivity index (χ3n) is 3.33. The third-order valence-corrected chi connectivity index (χ3v) is 3.56. The summed E-state index contributed by atoms with van der Waals surface area (Å²) in [5, 5.41) is 5.95. The number of fused-ring (bicyclic) bond motifs is 1. The fourth-order valence-corrected chi connectivity index (χ4v) is 2.39. The number of rotatable bonds is 5. The number of hydrogen-bond donors (Lipinski definition) is 1. The van der Waals surface area contributed by atoms with Crippen LogP contribution >= 0.6 is 11.6 Å². The molecule has 2 aromatic carbocycles. The van der Waals surface area contributed by atoms with Crippen molar-refractivity contribution < 1.29 is 0 Å². The van der Waals surface area contributed by atoms with Crippen LogP contribution in [0.25, 0.3) is 10.9 Å². The van der Waals surface area contributed by atoms with E-state index in [-0.39, 0.29) is 0 Å². The molecular weight excluding hydrogens is 294 g/mol. The molecule has 0 fully saturated rings. The number of nitrogens with zero attached hydrogens (tertiary/aromatic N) is 2. The van der Waals surface area contributed by atoms with Crippen LogP contribution in [0.4, 0.5) is 5.82 Å². The van der Waals surface area contributed by atoms with E-state index in [4.69, 9.17) is 11.6 Å². The lowest BCUT2D eigenvalue weighted by Crippen LogP contribution is -1.94. The maximum Gasteiger partial charge on any atom is 0.146 e. The molecule has 1 heterocycles. The first-order valence-corrected chi connectivity index (χ1v) is 7.57. The standard InChI is InChI=1S/C18H16ClN3/c19-16-9-10-17-15(13-16)8-11-18(21-17)22-20-12-4-7-14-5-2-1-3-6-14/h1-3,5-6,8-13H,4,7H2,(H,21,22)/b20-12+. The summed E-state index contributed by atoms with van der Waals surface area (Å²) in [6, 6.07) is 19.9. The minimum absolute atomic E-state index is 0.717. The highest BCUT2D eigenvalue weighted by Gasteiger charge is 1.98. The summed E-state index contributed by atoms with van der Waals surface area (Å²) in [7, 11) is 0. The smallest absolute Gasteiger partial charge is 0.146 e. The zero-order valence-electron chi connectivity index (χ0n) is 12.0. The van der Waals surface area contributed by atoms with E-state index < -0.39 is 0 Å². The molecule has 3 rings (SSSR count). The van der Waals surface area contributed by atoms with Crippen molar-refractivity contribution in [2.24, 2.45) is 5.10 Å². The molecule has 3 nitrogen and oxygen atoms in total. The SMILES string of the molecule is Clc1ccc2nc(N/N=C/CCc3ccccc3)ccc2c1. The maximum atomic E-state index is 5.96. The Bertz CT molecular complexity index is 785. The van der Waals surface area contributed by atoms with Crippen LogP contribution in [0, 0.1) is 0 Å². The van der Waals surface area contributed by atoms with Crippen molar-refractivity contribution >= 4 is 34.5 Å². The van der Waals surface area contributed by atoms with Crippen LogP contribution in [0.5, 0.6) is 0 Å². The van der Waals surface area contributed by atoms with Crippen LogP contribution in [0.3, 0.4) is 0 Å². The van der Waals surface area contributed by atoms with E-state index in [1.807, 2.05) is 42.6 Å². The average Bonchev–Trinajstić information content (AvgIpc) is 2.55. The van der Waals surface area contributed by atoms with Crippen molar-refractivity contribution in [2.75, 3.05) is 5.43 Å². The van der Waals surface area contributed by atoms with E-state index in [1.165, 1.54) is 5.56 Å². The van der Waals surface area contributed by atoms with Crippen molar-refractivity contribution in [1.29, 1.82) is 0 Å².